The molecule has 0 bridgehead atoms. The molecule has 0 radical (unpaired) electrons. The summed E-state index contributed by atoms with van der Waals surface area (Å²) in [5, 5.41) is 3.72. The molecule has 3 nitrogen and oxygen atoms in total. The molecule has 0 spiro atoms. The number of hydrogen-bond acceptors (Lipinski definition) is 3. The first-order valence-electron chi connectivity index (χ1n) is 6.82. The number of nitrogens with zero attached hydrogens (tertiary/aromatic N) is 2. The van der Waals surface area contributed by atoms with Crippen LogP contribution < -0.4 is 4.90 Å². The van der Waals surface area contributed by atoms with E-state index in [1.54, 1.807) is 13.3 Å². The Morgan fingerprint density at radius 1 is 1.15 bits per heavy atom. The molecule has 0 saturated heterocycles. The molecule has 5 heteroatoms. The summed E-state index contributed by atoms with van der Waals surface area (Å²) < 4.78 is 0. The van der Waals surface area contributed by atoms with Gasteiger partial charge in [0, 0.05) is 36.8 Å². The number of unbranched alkanes of at least 4 members (excludes halogenated alkanes) is 1. The largest absolute Gasteiger partial charge is 0.399 e. The molecule has 0 aliphatic heterocycles. The molecule has 0 amide bonds. The van der Waals surface area contributed by atoms with Gasteiger partial charge in [-0.3, -0.25) is 0 Å². The van der Waals surface area contributed by atoms with Crippen LogP contribution in [-0.4, -0.2) is 38.2 Å². The zero-order chi connectivity index (χ0) is 14.6. The van der Waals surface area contributed by atoms with E-state index in [4.69, 9.17) is 23.2 Å². The van der Waals surface area contributed by atoms with Gasteiger partial charge in [-0.25, -0.2) is 0 Å². The molecule has 0 fully saturated rings. The third-order valence-electron chi connectivity index (χ3n) is 2.99. The first-order valence-corrected chi connectivity index (χ1v) is 7.89. The van der Waals surface area contributed by atoms with Gasteiger partial charge in [-0.1, -0.05) is 17.3 Å². The summed E-state index contributed by atoms with van der Waals surface area (Å²) in [5.74, 6) is 1.22. The van der Waals surface area contributed by atoms with E-state index in [9.17, 15) is 0 Å². The normalized spacial score (nSPS) is 10.9. The summed E-state index contributed by atoms with van der Waals surface area (Å²) in [6, 6.07) is 8.60. The van der Waals surface area contributed by atoms with E-state index < -0.39 is 0 Å². The van der Waals surface area contributed by atoms with E-state index in [2.05, 4.69) is 39.2 Å². The smallest absolute Gasteiger partial charge is 0.106 e. The minimum atomic E-state index is 0.609. The minimum Gasteiger partial charge on any atom is -0.399 e. The average molecular weight is 317 g/mol. The fourth-order valence-electron chi connectivity index (χ4n) is 1.97. The lowest BCUT2D eigenvalue weighted by Gasteiger charge is -2.23. The fourth-order valence-corrected chi connectivity index (χ4v) is 2.38. The van der Waals surface area contributed by atoms with Gasteiger partial charge in [0.25, 0.3) is 0 Å². The number of rotatable bonds is 10. The summed E-state index contributed by atoms with van der Waals surface area (Å²) in [7, 11) is 1.56. The van der Waals surface area contributed by atoms with Gasteiger partial charge in [-0.2, -0.15) is 0 Å². The van der Waals surface area contributed by atoms with Crippen molar-refractivity contribution >= 4 is 35.1 Å². The predicted molar refractivity (Wildman–Crippen MR) is 88.5 cm³/mol. The van der Waals surface area contributed by atoms with Crippen LogP contribution in [0.1, 0.15) is 18.4 Å². The van der Waals surface area contributed by atoms with E-state index in [0.29, 0.717) is 11.8 Å². The van der Waals surface area contributed by atoms with Crippen LogP contribution >= 0.6 is 23.2 Å². The average Bonchev–Trinajstić information content (AvgIpc) is 2.47. The van der Waals surface area contributed by atoms with Crippen LogP contribution in [0, 0.1) is 0 Å². The second-order valence-electron chi connectivity index (χ2n) is 4.39. The fraction of sp³-hybridized carbons (Fsp3) is 0.533. The van der Waals surface area contributed by atoms with E-state index in [1.165, 1.54) is 11.3 Å². The maximum atomic E-state index is 5.82. The van der Waals surface area contributed by atoms with Crippen LogP contribution in [0.3, 0.4) is 0 Å². The van der Waals surface area contributed by atoms with Gasteiger partial charge >= 0.3 is 0 Å². The van der Waals surface area contributed by atoms with Crippen molar-refractivity contribution in [1.29, 1.82) is 0 Å². The number of oxime groups is 1. The summed E-state index contributed by atoms with van der Waals surface area (Å²) in [4.78, 5) is 6.83. The Labute approximate surface area is 131 Å². The van der Waals surface area contributed by atoms with Gasteiger partial charge in [-0.15, -0.1) is 23.2 Å². The second kappa shape index (κ2) is 10.8. The van der Waals surface area contributed by atoms with E-state index >= 15 is 0 Å². The SMILES string of the molecule is CO/N=C/CCCc1ccc(N(CCCl)CCCl)cc1. The molecule has 0 aliphatic rings. The molecule has 1 aromatic rings. The molecule has 1 rings (SSSR count). The molecule has 0 aliphatic carbocycles. The highest BCUT2D eigenvalue weighted by atomic mass is 35.5. The first kappa shape index (κ1) is 17.1. The standard InChI is InChI=1S/C15H22Cl2N2O/c1-20-18-11-3-2-4-14-5-7-15(8-6-14)19(12-9-16)13-10-17/h5-8,11H,2-4,9-10,12-13H2,1H3/b18-11+. The molecule has 0 unspecified atom stereocenters. The Hall–Kier alpha value is -0.930. The van der Waals surface area contributed by atoms with Crippen molar-refractivity contribution < 1.29 is 4.84 Å². The van der Waals surface area contributed by atoms with Crippen LogP contribution in [0.4, 0.5) is 5.69 Å². The van der Waals surface area contributed by atoms with Gasteiger partial charge in [-0.05, 0) is 37.0 Å². The highest BCUT2D eigenvalue weighted by molar-refractivity contribution is 6.18. The molecule has 0 atom stereocenters. The van der Waals surface area contributed by atoms with Crippen LogP contribution in [-0.2, 0) is 11.3 Å². The predicted octanol–water partition coefficient (Wildman–Crippen LogP) is 3.93. The lowest BCUT2D eigenvalue weighted by atomic mass is 10.1. The molecular formula is C15H22Cl2N2O. The maximum absolute atomic E-state index is 5.82. The summed E-state index contributed by atoms with van der Waals surface area (Å²) in [6.07, 6.45) is 4.84. The highest BCUT2D eigenvalue weighted by Gasteiger charge is 2.04. The van der Waals surface area contributed by atoms with Gasteiger partial charge in [0.15, 0.2) is 0 Å². The lowest BCUT2D eigenvalue weighted by molar-refractivity contribution is 0.214. The third kappa shape index (κ3) is 6.49. The Balaban J connectivity index is 2.47. The van der Waals surface area contributed by atoms with Crippen molar-refractivity contribution in [2.45, 2.75) is 19.3 Å². The number of aryl methyl sites for hydroxylation is 1. The zero-order valence-corrected chi connectivity index (χ0v) is 13.4. The van der Waals surface area contributed by atoms with Crippen molar-refractivity contribution in [2.75, 3.05) is 36.9 Å². The monoisotopic (exact) mass is 316 g/mol. The van der Waals surface area contributed by atoms with Crippen LogP contribution in [0.25, 0.3) is 0 Å². The Morgan fingerprint density at radius 2 is 1.80 bits per heavy atom. The van der Waals surface area contributed by atoms with Gasteiger partial charge in [0.2, 0.25) is 0 Å². The second-order valence-corrected chi connectivity index (χ2v) is 5.15. The highest BCUT2D eigenvalue weighted by Crippen LogP contribution is 2.16. The van der Waals surface area contributed by atoms with Crippen molar-refractivity contribution in [3.05, 3.63) is 29.8 Å². The number of alkyl halides is 2. The van der Waals surface area contributed by atoms with Crippen molar-refractivity contribution in [3.8, 4) is 0 Å². The van der Waals surface area contributed by atoms with E-state index in [-0.39, 0.29) is 0 Å². The van der Waals surface area contributed by atoms with Crippen LogP contribution in [0.15, 0.2) is 29.4 Å². The van der Waals surface area contributed by atoms with Crippen molar-refractivity contribution in [3.63, 3.8) is 0 Å². The summed E-state index contributed by atoms with van der Waals surface area (Å²) in [5.41, 5.74) is 2.51. The topological polar surface area (TPSA) is 24.8 Å². The molecule has 0 heterocycles. The third-order valence-corrected chi connectivity index (χ3v) is 3.33. The van der Waals surface area contributed by atoms with Crippen molar-refractivity contribution in [2.24, 2.45) is 5.16 Å². The lowest BCUT2D eigenvalue weighted by Crippen LogP contribution is -2.27. The van der Waals surface area contributed by atoms with Gasteiger partial charge in [0.05, 0.1) is 0 Å². The number of benzene rings is 1. The molecule has 20 heavy (non-hydrogen) atoms. The number of halogens is 2. The molecule has 0 aromatic heterocycles. The van der Waals surface area contributed by atoms with Gasteiger partial charge in [0.1, 0.15) is 7.11 Å². The number of hydrogen-bond donors (Lipinski definition) is 0. The molecule has 1 aromatic carbocycles. The minimum absolute atomic E-state index is 0.609. The molecule has 0 N–H and O–H groups in total. The maximum Gasteiger partial charge on any atom is 0.106 e. The Bertz CT molecular complexity index is 376. The van der Waals surface area contributed by atoms with E-state index in [0.717, 1.165) is 32.4 Å². The van der Waals surface area contributed by atoms with E-state index in [1.807, 2.05) is 0 Å². The molecule has 112 valence electrons. The number of anilines is 1. The Kier molecular flexibility index (Phi) is 9.25. The Morgan fingerprint density at radius 3 is 2.35 bits per heavy atom. The zero-order valence-electron chi connectivity index (χ0n) is 11.9. The van der Waals surface area contributed by atoms with Gasteiger partial charge < -0.3 is 9.74 Å². The van der Waals surface area contributed by atoms with Crippen molar-refractivity contribution in [1.82, 2.24) is 0 Å². The quantitative estimate of drug-likeness (QED) is 0.283. The first-order chi connectivity index (χ1) is 9.81. The molecular weight excluding hydrogens is 295 g/mol. The van der Waals surface area contributed by atoms with Crippen LogP contribution in [0.5, 0.6) is 0 Å². The molecule has 0 saturated carbocycles. The van der Waals surface area contributed by atoms with Crippen LogP contribution in [0.2, 0.25) is 0 Å². The summed E-state index contributed by atoms with van der Waals surface area (Å²) in [6.45, 7) is 1.64. The summed E-state index contributed by atoms with van der Waals surface area (Å²) >= 11 is 11.6.